The SMILES string of the molecule is CCCNC(=O)C(C)N(Cc1ccc(Br)cc1)C(=O)CN(c1ccc(C)c(C)c1)S(C)(=O)=O. The van der Waals surface area contributed by atoms with E-state index < -0.39 is 28.5 Å². The molecular weight excluding hydrogens is 506 g/mol. The lowest BCUT2D eigenvalue weighted by Crippen LogP contribution is -2.51. The van der Waals surface area contributed by atoms with Crippen molar-refractivity contribution in [3.05, 3.63) is 63.6 Å². The van der Waals surface area contributed by atoms with Crippen LogP contribution in [0.1, 0.15) is 37.0 Å². The molecule has 0 saturated heterocycles. The number of rotatable bonds is 10. The molecule has 0 aliphatic heterocycles. The van der Waals surface area contributed by atoms with Crippen LogP contribution in [-0.4, -0.2) is 50.5 Å². The maximum absolute atomic E-state index is 13.4. The van der Waals surface area contributed by atoms with Gasteiger partial charge in [0.2, 0.25) is 21.8 Å². The molecule has 2 amide bonds. The second kappa shape index (κ2) is 11.7. The second-order valence-corrected chi connectivity index (χ2v) is 11.0. The molecule has 0 aromatic heterocycles. The van der Waals surface area contributed by atoms with Gasteiger partial charge in [0, 0.05) is 17.6 Å². The number of benzene rings is 2. The molecule has 0 aliphatic carbocycles. The minimum absolute atomic E-state index is 0.178. The van der Waals surface area contributed by atoms with Gasteiger partial charge in [-0.15, -0.1) is 0 Å². The number of amides is 2. The number of hydrogen-bond donors (Lipinski definition) is 1. The maximum atomic E-state index is 13.4. The number of carbonyl (C=O) groups is 2. The molecule has 0 heterocycles. The Morgan fingerprint density at radius 2 is 1.70 bits per heavy atom. The fraction of sp³-hybridized carbons (Fsp3) is 0.417. The van der Waals surface area contributed by atoms with Crippen molar-refractivity contribution in [2.45, 2.75) is 46.7 Å². The Balaban J connectivity index is 2.38. The Morgan fingerprint density at radius 1 is 1.06 bits per heavy atom. The summed E-state index contributed by atoms with van der Waals surface area (Å²) >= 11 is 3.39. The highest BCUT2D eigenvalue weighted by atomic mass is 79.9. The first-order valence-corrected chi connectivity index (χ1v) is 13.4. The van der Waals surface area contributed by atoms with Crippen molar-refractivity contribution in [3.8, 4) is 0 Å². The van der Waals surface area contributed by atoms with Crippen molar-refractivity contribution in [2.24, 2.45) is 0 Å². The van der Waals surface area contributed by atoms with E-state index in [0.717, 1.165) is 38.1 Å². The minimum atomic E-state index is -3.74. The van der Waals surface area contributed by atoms with E-state index in [0.29, 0.717) is 12.2 Å². The number of carbonyl (C=O) groups excluding carboxylic acids is 2. The van der Waals surface area contributed by atoms with Crippen LogP contribution >= 0.6 is 15.9 Å². The van der Waals surface area contributed by atoms with Crippen LogP contribution in [0.5, 0.6) is 0 Å². The van der Waals surface area contributed by atoms with Crippen LogP contribution in [0.25, 0.3) is 0 Å². The lowest BCUT2D eigenvalue weighted by molar-refractivity contribution is -0.139. The number of halogens is 1. The van der Waals surface area contributed by atoms with E-state index in [2.05, 4.69) is 21.2 Å². The lowest BCUT2D eigenvalue weighted by atomic mass is 10.1. The van der Waals surface area contributed by atoms with Gasteiger partial charge in [-0.1, -0.05) is 41.1 Å². The summed E-state index contributed by atoms with van der Waals surface area (Å²) in [6, 6.07) is 11.9. The van der Waals surface area contributed by atoms with Gasteiger partial charge in [0.25, 0.3) is 0 Å². The van der Waals surface area contributed by atoms with Gasteiger partial charge in [0.1, 0.15) is 12.6 Å². The highest BCUT2D eigenvalue weighted by Crippen LogP contribution is 2.22. The van der Waals surface area contributed by atoms with Crippen molar-refractivity contribution < 1.29 is 18.0 Å². The first-order valence-electron chi connectivity index (χ1n) is 10.8. The zero-order valence-electron chi connectivity index (χ0n) is 19.8. The molecule has 1 atom stereocenters. The molecule has 180 valence electrons. The van der Waals surface area contributed by atoms with Gasteiger partial charge in [0.15, 0.2) is 0 Å². The first-order chi connectivity index (χ1) is 15.4. The van der Waals surface area contributed by atoms with Crippen LogP contribution in [-0.2, 0) is 26.2 Å². The van der Waals surface area contributed by atoms with Crippen molar-refractivity contribution >= 4 is 43.5 Å². The lowest BCUT2D eigenvalue weighted by Gasteiger charge is -2.31. The molecule has 7 nitrogen and oxygen atoms in total. The normalized spacial score (nSPS) is 12.2. The predicted octanol–water partition coefficient (Wildman–Crippen LogP) is 3.78. The third kappa shape index (κ3) is 7.57. The summed E-state index contributed by atoms with van der Waals surface area (Å²) < 4.78 is 27.2. The third-order valence-corrected chi connectivity index (χ3v) is 7.11. The Labute approximate surface area is 205 Å². The highest BCUT2D eigenvalue weighted by molar-refractivity contribution is 9.10. The second-order valence-electron chi connectivity index (χ2n) is 8.15. The average molecular weight is 539 g/mol. The summed E-state index contributed by atoms with van der Waals surface area (Å²) in [5.74, 6) is -0.736. The molecule has 0 bridgehead atoms. The number of sulfonamides is 1. The molecule has 2 aromatic rings. The maximum Gasteiger partial charge on any atom is 0.244 e. The minimum Gasteiger partial charge on any atom is -0.354 e. The number of aryl methyl sites for hydroxylation is 2. The number of nitrogens with zero attached hydrogens (tertiary/aromatic N) is 2. The summed E-state index contributed by atoms with van der Waals surface area (Å²) in [7, 11) is -3.74. The molecule has 2 aromatic carbocycles. The number of hydrogen-bond acceptors (Lipinski definition) is 4. The predicted molar refractivity (Wildman–Crippen MR) is 136 cm³/mol. The molecule has 0 aliphatic rings. The van der Waals surface area contributed by atoms with Crippen LogP contribution < -0.4 is 9.62 Å². The summed E-state index contributed by atoms with van der Waals surface area (Å²) in [5, 5.41) is 2.82. The van der Waals surface area contributed by atoms with E-state index in [4.69, 9.17) is 0 Å². The van der Waals surface area contributed by atoms with Crippen LogP contribution in [0.4, 0.5) is 5.69 Å². The van der Waals surface area contributed by atoms with Gasteiger partial charge in [0.05, 0.1) is 11.9 Å². The van der Waals surface area contributed by atoms with E-state index in [1.165, 1.54) is 4.90 Å². The fourth-order valence-corrected chi connectivity index (χ4v) is 4.37. The van der Waals surface area contributed by atoms with Crippen LogP contribution in [0.3, 0.4) is 0 Å². The van der Waals surface area contributed by atoms with Crippen molar-refractivity contribution in [1.82, 2.24) is 10.2 Å². The standard InChI is InChI=1S/C24H32BrN3O4S/c1-6-13-26-24(30)19(4)27(15-20-8-10-21(25)11-9-20)23(29)16-28(33(5,31)32)22-12-7-17(2)18(3)14-22/h7-12,14,19H,6,13,15-16H2,1-5H3,(H,26,30). The molecule has 1 unspecified atom stereocenters. The van der Waals surface area contributed by atoms with E-state index in [1.54, 1.807) is 19.1 Å². The Kier molecular flexibility index (Phi) is 9.48. The van der Waals surface area contributed by atoms with Gasteiger partial charge < -0.3 is 10.2 Å². The van der Waals surface area contributed by atoms with Gasteiger partial charge in [-0.05, 0) is 68.1 Å². The molecule has 0 saturated carbocycles. The number of nitrogens with one attached hydrogen (secondary N) is 1. The number of anilines is 1. The van der Waals surface area contributed by atoms with Gasteiger partial charge in [-0.2, -0.15) is 0 Å². The molecule has 0 radical (unpaired) electrons. The third-order valence-electron chi connectivity index (χ3n) is 5.44. The molecule has 1 N–H and O–H groups in total. The zero-order chi connectivity index (χ0) is 24.8. The molecule has 9 heteroatoms. The largest absolute Gasteiger partial charge is 0.354 e. The molecule has 33 heavy (non-hydrogen) atoms. The van der Waals surface area contributed by atoms with Gasteiger partial charge >= 0.3 is 0 Å². The van der Waals surface area contributed by atoms with Crippen LogP contribution in [0.15, 0.2) is 46.9 Å². The smallest absolute Gasteiger partial charge is 0.244 e. The summed E-state index contributed by atoms with van der Waals surface area (Å²) in [6.07, 6.45) is 1.85. The monoisotopic (exact) mass is 537 g/mol. The highest BCUT2D eigenvalue weighted by Gasteiger charge is 2.30. The van der Waals surface area contributed by atoms with Crippen molar-refractivity contribution in [2.75, 3.05) is 23.7 Å². The average Bonchev–Trinajstić information content (AvgIpc) is 2.76. The molecule has 0 spiro atoms. The van der Waals surface area contributed by atoms with Crippen molar-refractivity contribution in [1.29, 1.82) is 0 Å². The fourth-order valence-electron chi connectivity index (χ4n) is 3.26. The van der Waals surface area contributed by atoms with E-state index in [9.17, 15) is 18.0 Å². The Morgan fingerprint density at radius 3 is 2.24 bits per heavy atom. The van der Waals surface area contributed by atoms with Crippen LogP contribution in [0, 0.1) is 13.8 Å². The van der Waals surface area contributed by atoms with Gasteiger partial charge in [-0.25, -0.2) is 8.42 Å². The van der Waals surface area contributed by atoms with E-state index in [1.807, 2.05) is 51.1 Å². The van der Waals surface area contributed by atoms with E-state index in [-0.39, 0.29) is 12.5 Å². The van der Waals surface area contributed by atoms with Crippen LogP contribution in [0.2, 0.25) is 0 Å². The Hall–Kier alpha value is -2.39. The summed E-state index contributed by atoms with van der Waals surface area (Å²) in [4.78, 5) is 27.6. The summed E-state index contributed by atoms with van der Waals surface area (Å²) in [5.41, 5.74) is 3.20. The van der Waals surface area contributed by atoms with Crippen molar-refractivity contribution in [3.63, 3.8) is 0 Å². The molecule has 2 rings (SSSR count). The quantitative estimate of drug-likeness (QED) is 0.499. The zero-order valence-corrected chi connectivity index (χ0v) is 22.2. The summed E-state index contributed by atoms with van der Waals surface area (Å²) in [6.45, 7) is 7.71. The van der Waals surface area contributed by atoms with Gasteiger partial charge in [-0.3, -0.25) is 13.9 Å². The van der Waals surface area contributed by atoms with E-state index >= 15 is 0 Å². The Bertz CT molecular complexity index is 1090. The molecular formula is C24H32BrN3O4S. The topological polar surface area (TPSA) is 86.8 Å². The first kappa shape index (κ1) is 26.9. The molecule has 0 fully saturated rings.